The van der Waals surface area contributed by atoms with Gasteiger partial charge in [0, 0.05) is 13.0 Å². The molecule has 2 fully saturated rings. The van der Waals surface area contributed by atoms with Crippen molar-refractivity contribution < 1.29 is 9.59 Å². The summed E-state index contributed by atoms with van der Waals surface area (Å²) in [6.07, 6.45) is 7.76. The van der Waals surface area contributed by atoms with Crippen LogP contribution in [0.1, 0.15) is 26.2 Å². The highest BCUT2D eigenvalue weighted by Crippen LogP contribution is 2.34. The smallest absolute Gasteiger partial charge is 0.246 e. The van der Waals surface area contributed by atoms with E-state index in [2.05, 4.69) is 11.2 Å². The fourth-order valence-electron chi connectivity index (χ4n) is 2.08. The highest BCUT2D eigenvalue weighted by molar-refractivity contribution is 5.97. The van der Waals surface area contributed by atoms with Crippen molar-refractivity contribution in [3.05, 3.63) is 0 Å². The van der Waals surface area contributed by atoms with Gasteiger partial charge in [0.1, 0.15) is 12.1 Å². The zero-order valence-electron chi connectivity index (χ0n) is 9.40. The highest BCUT2D eigenvalue weighted by atomic mass is 16.2. The van der Waals surface area contributed by atoms with Crippen LogP contribution in [0.2, 0.25) is 0 Å². The van der Waals surface area contributed by atoms with Gasteiger partial charge < -0.3 is 10.2 Å². The fourth-order valence-corrected chi connectivity index (χ4v) is 2.08. The second kappa shape index (κ2) is 4.17. The number of rotatable bonds is 3. The summed E-state index contributed by atoms with van der Waals surface area (Å²) < 4.78 is 0. The molecule has 2 unspecified atom stereocenters. The molecule has 1 aliphatic heterocycles. The number of carbonyl (C=O) groups excluding carboxylic acids is 2. The average molecular weight is 220 g/mol. The summed E-state index contributed by atoms with van der Waals surface area (Å²) in [6.45, 7) is 2.22. The van der Waals surface area contributed by atoms with Crippen LogP contribution in [0.25, 0.3) is 0 Å². The maximum atomic E-state index is 12.1. The van der Waals surface area contributed by atoms with E-state index in [9.17, 15) is 9.59 Å². The topological polar surface area (TPSA) is 49.4 Å². The summed E-state index contributed by atoms with van der Waals surface area (Å²) in [7, 11) is 0. The van der Waals surface area contributed by atoms with Gasteiger partial charge >= 0.3 is 0 Å². The van der Waals surface area contributed by atoms with Gasteiger partial charge in [-0.3, -0.25) is 9.59 Å². The molecular weight excluding hydrogens is 204 g/mol. The summed E-state index contributed by atoms with van der Waals surface area (Å²) in [4.78, 5) is 25.4. The Balaban J connectivity index is 2.09. The van der Waals surface area contributed by atoms with Crippen LogP contribution in [-0.4, -0.2) is 35.3 Å². The standard InChI is InChI=1S/C12H16N2O2/c1-3-4-7-14-8(2)11(15)13-10(12(14)16)9-5-6-9/h1,8-10H,4-7H2,2H3,(H,13,15). The Labute approximate surface area is 95.4 Å². The number of piperazine rings is 1. The molecule has 0 aromatic rings. The van der Waals surface area contributed by atoms with Crippen LogP contribution in [0, 0.1) is 18.3 Å². The predicted molar refractivity (Wildman–Crippen MR) is 59.3 cm³/mol. The van der Waals surface area contributed by atoms with E-state index in [0.29, 0.717) is 18.9 Å². The van der Waals surface area contributed by atoms with Crippen LogP contribution in [0.3, 0.4) is 0 Å². The van der Waals surface area contributed by atoms with Gasteiger partial charge in [-0.1, -0.05) is 0 Å². The SMILES string of the molecule is C#CCCN1C(=O)C(C2CC2)NC(=O)C1C. The number of nitrogens with one attached hydrogen (secondary N) is 1. The van der Waals surface area contributed by atoms with Crippen molar-refractivity contribution in [3.8, 4) is 12.3 Å². The summed E-state index contributed by atoms with van der Waals surface area (Å²) in [5.41, 5.74) is 0. The van der Waals surface area contributed by atoms with Gasteiger partial charge in [-0.2, -0.15) is 0 Å². The zero-order chi connectivity index (χ0) is 11.7. The van der Waals surface area contributed by atoms with E-state index < -0.39 is 6.04 Å². The minimum Gasteiger partial charge on any atom is -0.342 e. The van der Waals surface area contributed by atoms with Crippen LogP contribution in [0.4, 0.5) is 0 Å². The lowest BCUT2D eigenvalue weighted by molar-refractivity contribution is -0.149. The third-order valence-electron chi connectivity index (χ3n) is 3.28. The molecule has 0 aromatic carbocycles. The van der Waals surface area contributed by atoms with Crippen molar-refractivity contribution in [2.75, 3.05) is 6.54 Å². The molecule has 4 nitrogen and oxygen atoms in total. The van der Waals surface area contributed by atoms with Crippen molar-refractivity contribution in [1.29, 1.82) is 0 Å². The minimum absolute atomic E-state index is 0.0323. The Morgan fingerprint density at radius 2 is 2.19 bits per heavy atom. The van der Waals surface area contributed by atoms with Crippen molar-refractivity contribution in [2.24, 2.45) is 5.92 Å². The molecular formula is C12H16N2O2. The Hall–Kier alpha value is -1.50. The Morgan fingerprint density at radius 3 is 2.75 bits per heavy atom. The lowest BCUT2D eigenvalue weighted by Crippen LogP contribution is -2.63. The number of nitrogens with zero attached hydrogens (tertiary/aromatic N) is 1. The molecule has 2 amide bonds. The minimum atomic E-state index is -0.393. The molecule has 1 saturated carbocycles. The van der Waals surface area contributed by atoms with Crippen molar-refractivity contribution >= 4 is 11.8 Å². The Bertz CT molecular complexity index is 355. The Kier molecular flexibility index (Phi) is 2.86. The fraction of sp³-hybridized carbons (Fsp3) is 0.667. The first-order chi connectivity index (χ1) is 7.65. The lowest BCUT2D eigenvalue weighted by atomic mass is 10.0. The number of hydrogen-bond donors (Lipinski definition) is 1. The number of carbonyl (C=O) groups is 2. The van der Waals surface area contributed by atoms with Crippen LogP contribution in [0.15, 0.2) is 0 Å². The van der Waals surface area contributed by atoms with Crippen LogP contribution in [-0.2, 0) is 9.59 Å². The maximum Gasteiger partial charge on any atom is 0.246 e. The molecule has 4 heteroatoms. The molecule has 2 aliphatic rings. The molecule has 1 N–H and O–H groups in total. The van der Waals surface area contributed by atoms with Crippen molar-refractivity contribution in [2.45, 2.75) is 38.3 Å². The van der Waals surface area contributed by atoms with E-state index in [4.69, 9.17) is 6.42 Å². The molecule has 86 valence electrons. The van der Waals surface area contributed by atoms with E-state index in [0.717, 1.165) is 12.8 Å². The molecule has 0 radical (unpaired) electrons. The maximum absolute atomic E-state index is 12.1. The quantitative estimate of drug-likeness (QED) is 0.688. The number of hydrogen-bond acceptors (Lipinski definition) is 2. The summed E-state index contributed by atoms with van der Waals surface area (Å²) in [6, 6.07) is -0.697. The highest BCUT2D eigenvalue weighted by Gasteiger charge is 2.45. The molecule has 0 aromatic heterocycles. The first-order valence-corrected chi connectivity index (χ1v) is 5.69. The molecule has 1 saturated heterocycles. The predicted octanol–water partition coefficient (Wildman–Crippen LogP) is 0.135. The second-order valence-corrected chi connectivity index (χ2v) is 4.49. The van der Waals surface area contributed by atoms with E-state index in [1.165, 1.54) is 0 Å². The van der Waals surface area contributed by atoms with E-state index in [1.54, 1.807) is 11.8 Å². The van der Waals surface area contributed by atoms with Gasteiger partial charge in [-0.05, 0) is 25.7 Å². The average Bonchev–Trinajstić information content (AvgIpc) is 3.07. The molecule has 2 atom stereocenters. The van der Waals surface area contributed by atoms with E-state index in [1.807, 2.05) is 0 Å². The monoisotopic (exact) mass is 220 g/mol. The van der Waals surface area contributed by atoms with Gasteiger partial charge in [0.15, 0.2) is 0 Å². The van der Waals surface area contributed by atoms with Gasteiger partial charge in [-0.15, -0.1) is 12.3 Å². The van der Waals surface area contributed by atoms with Crippen LogP contribution in [0.5, 0.6) is 0 Å². The van der Waals surface area contributed by atoms with Crippen LogP contribution >= 0.6 is 0 Å². The van der Waals surface area contributed by atoms with Gasteiger partial charge in [0.05, 0.1) is 0 Å². The van der Waals surface area contributed by atoms with Gasteiger partial charge in [0.25, 0.3) is 0 Å². The first kappa shape index (κ1) is 11.0. The number of terminal acetylenes is 1. The lowest BCUT2D eigenvalue weighted by Gasteiger charge is -2.37. The third-order valence-corrected chi connectivity index (χ3v) is 3.28. The normalized spacial score (nSPS) is 29.9. The van der Waals surface area contributed by atoms with Crippen LogP contribution < -0.4 is 5.32 Å². The van der Waals surface area contributed by atoms with E-state index >= 15 is 0 Å². The second-order valence-electron chi connectivity index (χ2n) is 4.49. The summed E-state index contributed by atoms with van der Waals surface area (Å²) in [5, 5.41) is 2.80. The molecule has 2 rings (SSSR count). The largest absolute Gasteiger partial charge is 0.342 e. The molecule has 1 heterocycles. The summed E-state index contributed by atoms with van der Waals surface area (Å²) >= 11 is 0. The molecule has 16 heavy (non-hydrogen) atoms. The zero-order valence-corrected chi connectivity index (χ0v) is 9.40. The van der Waals surface area contributed by atoms with E-state index in [-0.39, 0.29) is 17.9 Å². The molecule has 0 spiro atoms. The first-order valence-electron chi connectivity index (χ1n) is 5.69. The summed E-state index contributed by atoms with van der Waals surface area (Å²) in [5.74, 6) is 2.82. The molecule has 1 aliphatic carbocycles. The van der Waals surface area contributed by atoms with Crippen molar-refractivity contribution in [1.82, 2.24) is 10.2 Å². The van der Waals surface area contributed by atoms with Crippen molar-refractivity contribution in [3.63, 3.8) is 0 Å². The third kappa shape index (κ3) is 1.90. The Morgan fingerprint density at radius 1 is 1.50 bits per heavy atom. The van der Waals surface area contributed by atoms with Gasteiger partial charge in [-0.25, -0.2) is 0 Å². The number of amides is 2. The van der Waals surface area contributed by atoms with Gasteiger partial charge in [0.2, 0.25) is 11.8 Å². The molecule has 0 bridgehead atoms.